The van der Waals surface area contributed by atoms with E-state index < -0.39 is 45.7 Å². The van der Waals surface area contributed by atoms with E-state index in [1.165, 1.54) is 12.1 Å². The van der Waals surface area contributed by atoms with Gasteiger partial charge in [0.2, 0.25) is 34.8 Å². The second-order valence-corrected chi connectivity index (χ2v) is 9.58. The number of esters is 1. The zero-order valence-electron chi connectivity index (χ0n) is 23.0. The molecule has 0 aliphatic carbocycles. The molecule has 0 heterocycles. The van der Waals surface area contributed by atoms with Crippen LogP contribution in [-0.2, 0) is 11.3 Å². The molecule has 0 spiro atoms. The summed E-state index contributed by atoms with van der Waals surface area (Å²) in [6.07, 6.45) is 7.66. The minimum atomic E-state index is -2.33. The SMILES string of the molecule is O=C(CCCNCc1ccc(/C=C/c2ccc(/C=C/c3ccc([N+](=O)[O-])cc3)cc2)cc1)Oc1c(F)c(F)c(F)c(F)c1F. The van der Waals surface area contributed by atoms with Crippen molar-refractivity contribution < 1.29 is 36.4 Å². The molecule has 0 atom stereocenters. The second kappa shape index (κ2) is 14.8. The highest BCUT2D eigenvalue weighted by atomic mass is 19.2. The average molecular weight is 609 g/mol. The third kappa shape index (κ3) is 8.45. The Morgan fingerprint density at radius 1 is 0.682 bits per heavy atom. The molecule has 4 aromatic rings. The summed E-state index contributed by atoms with van der Waals surface area (Å²) in [5, 5.41) is 13.9. The molecular formula is C33H25F5N2O4. The number of nitrogens with one attached hydrogen (secondary N) is 1. The normalized spacial score (nSPS) is 11.4. The van der Waals surface area contributed by atoms with Crippen LogP contribution in [0.15, 0.2) is 72.8 Å². The number of rotatable bonds is 12. The van der Waals surface area contributed by atoms with Crippen molar-refractivity contribution >= 4 is 36.0 Å². The highest BCUT2D eigenvalue weighted by Crippen LogP contribution is 2.29. The van der Waals surface area contributed by atoms with Crippen LogP contribution in [0.1, 0.15) is 40.7 Å². The maximum absolute atomic E-state index is 13.6. The minimum Gasteiger partial charge on any atom is -0.420 e. The van der Waals surface area contributed by atoms with Crippen molar-refractivity contribution in [2.45, 2.75) is 19.4 Å². The van der Waals surface area contributed by atoms with E-state index in [0.717, 1.165) is 27.8 Å². The Balaban J connectivity index is 1.19. The molecule has 0 bridgehead atoms. The van der Waals surface area contributed by atoms with Gasteiger partial charge in [-0.15, -0.1) is 0 Å². The first-order valence-corrected chi connectivity index (χ1v) is 13.3. The Morgan fingerprint density at radius 3 is 1.55 bits per heavy atom. The molecule has 6 nitrogen and oxygen atoms in total. The second-order valence-electron chi connectivity index (χ2n) is 9.58. The van der Waals surface area contributed by atoms with Crippen LogP contribution < -0.4 is 10.1 Å². The van der Waals surface area contributed by atoms with E-state index in [-0.39, 0.29) is 18.5 Å². The maximum atomic E-state index is 13.6. The Kier molecular flexibility index (Phi) is 10.7. The highest BCUT2D eigenvalue weighted by Gasteiger charge is 2.28. The summed E-state index contributed by atoms with van der Waals surface area (Å²) < 4.78 is 71.2. The van der Waals surface area contributed by atoms with Crippen LogP contribution in [0.2, 0.25) is 0 Å². The van der Waals surface area contributed by atoms with Crippen molar-refractivity contribution in [3.05, 3.63) is 140 Å². The first-order chi connectivity index (χ1) is 21.1. The molecule has 4 aromatic carbocycles. The van der Waals surface area contributed by atoms with Gasteiger partial charge in [0, 0.05) is 25.1 Å². The molecule has 0 aliphatic rings. The lowest BCUT2D eigenvalue weighted by Gasteiger charge is -2.09. The van der Waals surface area contributed by atoms with Gasteiger partial charge in [-0.2, -0.15) is 8.78 Å². The monoisotopic (exact) mass is 608 g/mol. The molecule has 4 rings (SSSR count). The summed E-state index contributed by atoms with van der Waals surface area (Å²) in [7, 11) is 0. The molecule has 0 aliphatic heterocycles. The zero-order chi connectivity index (χ0) is 31.6. The summed E-state index contributed by atoms with van der Waals surface area (Å²) in [6, 6.07) is 21.9. The molecule has 0 radical (unpaired) electrons. The largest absolute Gasteiger partial charge is 0.420 e. The highest BCUT2D eigenvalue weighted by molar-refractivity contribution is 5.73. The van der Waals surface area contributed by atoms with Gasteiger partial charge >= 0.3 is 5.97 Å². The van der Waals surface area contributed by atoms with Crippen molar-refractivity contribution in [2.24, 2.45) is 0 Å². The van der Waals surface area contributed by atoms with Gasteiger partial charge in [0.25, 0.3) is 5.69 Å². The number of nitrogens with zero attached hydrogens (tertiary/aromatic N) is 1. The van der Waals surface area contributed by atoms with Crippen molar-refractivity contribution in [3.63, 3.8) is 0 Å². The first kappa shape index (κ1) is 31.8. The summed E-state index contributed by atoms with van der Waals surface area (Å²) in [4.78, 5) is 22.2. The van der Waals surface area contributed by atoms with Gasteiger partial charge in [0.1, 0.15) is 0 Å². The maximum Gasteiger partial charge on any atom is 0.311 e. The van der Waals surface area contributed by atoms with Crippen molar-refractivity contribution in [3.8, 4) is 5.75 Å². The Hall–Kier alpha value is -5.16. The molecule has 0 saturated carbocycles. The van der Waals surface area contributed by atoms with Crippen LogP contribution in [0.4, 0.5) is 27.6 Å². The van der Waals surface area contributed by atoms with Crippen LogP contribution in [0, 0.1) is 39.2 Å². The van der Waals surface area contributed by atoms with Gasteiger partial charge in [0.15, 0.2) is 0 Å². The van der Waals surface area contributed by atoms with Crippen LogP contribution in [-0.4, -0.2) is 17.4 Å². The van der Waals surface area contributed by atoms with Crippen molar-refractivity contribution in [1.29, 1.82) is 0 Å². The smallest absolute Gasteiger partial charge is 0.311 e. The zero-order valence-corrected chi connectivity index (χ0v) is 23.0. The number of hydrogen-bond donors (Lipinski definition) is 1. The van der Waals surface area contributed by atoms with E-state index in [1.54, 1.807) is 12.1 Å². The quantitative estimate of drug-likeness (QED) is 0.0202. The number of ether oxygens (including phenoxy) is 1. The number of benzene rings is 4. The van der Waals surface area contributed by atoms with E-state index >= 15 is 0 Å². The van der Waals surface area contributed by atoms with E-state index in [1.807, 2.05) is 72.8 Å². The van der Waals surface area contributed by atoms with Crippen LogP contribution >= 0.6 is 0 Å². The molecule has 0 saturated heterocycles. The molecular weight excluding hydrogens is 583 g/mol. The summed E-state index contributed by atoms with van der Waals surface area (Å²) in [6.45, 7) is 0.818. The fourth-order valence-electron chi connectivity index (χ4n) is 3.99. The number of carbonyl (C=O) groups is 1. The fraction of sp³-hybridized carbons (Fsp3) is 0.121. The Labute approximate surface area is 249 Å². The topological polar surface area (TPSA) is 81.5 Å². The predicted octanol–water partition coefficient (Wildman–Crippen LogP) is 8.11. The Bertz CT molecular complexity index is 1660. The van der Waals surface area contributed by atoms with E-state index in [2.05, 4.69) is 10.1 Å². The standard InChI is InChI=1S/C33H25F5N2O4/c34-28-29(35)31(37)33(32(38)30(28)36)44-27(41)2-1-19-39-20-25-13-11-23(12-14-25)8-7-21-3-5-22(6-4-21)9-10-24-15-17-26(18-16-24)40(42)43/h3-18,39H,1-2,19-20H2/b8-7+,10-9+. The average Bonchev–Trinajstić information content (AvgIpc) is 3.04. The van der Waals surface area contributed by atoms with Gasteiger partial charge in [-0.25, -0.2) is 13.2 Å². The molecule has 0 aromatic heterocycles. The summed E-state index contributed by atoms with van der Waals surface area (Å²) in [5.74, 6) is -13.8. The first-order valence-electron chi connectivity index (χ1n) is 13.3. The molecule has 1 N–H and O–H groups in total. The number of hydrogen-bond acceptors (Lipinski definition) is 5. The van der Waals surface area contributed by atoms with E-state index in [0.29, 0.717) is 13.1 Å². The number of nitro benzene ring substituents is 1. The third-order valence-corrected chi connectivity index (χ3v) is 6.41. The molecule has 0 amide bonds. The lowest BCUT2D eigenvalue weighted by Crippen LogP contribution is -2.18. The van der Waals surface area contributed by atoms with E-state index in [4.69, 9.17) is 0 Å². The lowest BCUT2D eigenvalue weighted by atomic mass is 10.1. The Morgan fingerprint density at radius 2 is 1.09 bits per heavy atom. The summed E-state index contributed by atoms with van der Waals surface area (Å²) >= 11 is 0. The number of non-ortho nitro benzene ring substituents is 1. The molecule has 226 valence electrons. The van der Waals surface area contributed by atoms with Crippen molar-refractivity contribution in [2.75, 3.05) is 6.54 Å². The fourth-order valence-corrected chi connectivity index (χ4v) is 3.99. The minimum absolute atomic E-state index is 0.0463. The summed E-state index contributed by atoms with van der Waals surface area (Å²) in [5.41, 5.74) is 4.83. The molecule has 0 fully saturated rings. The van der Waals surface area contributed by atoms with Gasteiger partial charge < -0.3 is 10.1 Å². The number of nitro groups is 1. The van der Waals surface area contributed by atoms with Gasteiger partial charge in [-0.05, 0) is 52.9 Å². The van der Waals surface area contributed by atoms with Gasteiger partial charge in [0.05, 0.1) is 4.92 Å². The van der Waals surface area contributed by atoms with Crippen LogP contribution in [0.5, 0.6) is 5.75 Å². The lowest BCUT2D eigenvalue weighted by molar-refractivity contribution is -0.384. The van der Waals surface area contributed by atoms with Gasteiger partial charge in [-0.1, -0.05) is 72.8 Å². The van der Waals surface area contributed by atoms with E-state index in [9.17, 15) is 36.9 Å². The number of halogens is 5. The molecule has 11 heteroatoms. The predicted molar refractivity (Wildman–Crippen MR) is 157 cm³/mol. The molecule has 0 unspecified atom stereocenters. The van der Waals surface area contributed by atoms with Crippen LogP contribution in [0.25, 0.3) is 24.3 Å². The van der Waals surface area contributed by atoms with Gasteiger partial charge in [-0.3, -0.25) is 14.9 Å². The number of carbonyl (C=O) groups excluding carboxylic acids is 1. The van der Waals surface area contributed by atoms with Crippen LogP contribution in [0.3, 0.4) is 0 Å². The molecule has 44 heavy (non-hydrogen) atoms. The third-order valence-electron chi connectivity index (χ3n) is 6.41. The van der Waals surface area contributed by atoms with Crippen molar-refractivity contribution in [1.82, 2.24) is 5.32 Å².